The fraction of sp³-hybridized carbons (Fsp3) is 0.176. The highest BCUT2D eigenvalue weighted by molar-refractivity contribution is 9.10. The van der Waals surface area contributed by atoms with Gasteiger partial charge in [0.05, 0.1) is 10.5 Å². The molecule has 0 amide bonds. The summed E-state index contributed by atoms with van der Waals surface area (Å²) < 4.78 is 5.97. The number of carbonyl (C=O) groups excluding carboxylic acids is 2. The Balaban J connectivity index is 2.15. The molecule has 1 N–H and O–H groups in total. The van der Waals surface area contributed by atoms with E-state index in [-0.39, 0.29) is 22.7 Å². The van der Waals surface area contributed by atoms with E-state index in [4.69, 9.17) is 4.74 Å². The van der Waals surface area contributed by atoms with Crippen LogP contribution in [0.4, 0.5) is 11.4 Å². The lowest BCUT2D eigenvalue weighted by atomic mass is 10.1. The van der Waals surface area contributed by atoms with Crippen molar-refractivity contribution in [3.8, 4) is 0 Å². The molecule has 0 aliphatic rings. The maximum Gasteiger partial charge on any atom is 0.339 e. The molecule has 2 aromatic rings. The minimum Gasteiger partial charge on any atom is -0.451 e. The number of ether oxygens (including phenoxy) is 1. The van der Waals surface area contributed by atoms with Crippen LogP contribution in [0.2, 0.25) is 0 Å². The van der Waals surface area contributed by atoms with Gasteiger partial charge in [-0.15, -0.1) is 0 Å². The average molecular weight is 407 g/mol. The normalized spacial score (nSPS) is 11.5. The lowest BCUT2D eigenvalue weighted by Crippen LogP contribution is -2.24. The Morgan fingerprint density at radius 2 is 1.76 bits per heavy atom. The van der Waals surface area contributed by atoms with Gasteiger partial charge in [0.25, 0.3) is 5.69 Å². The number of nitrogens with one attached hydrogen (secondary N) is 1. The molecule has 130 valence electrons. The summed E-state index contributed by atoms with van der Waals surface area (Å²) in [7, 11) is 1.54. The summed E-state index contributed by atoms with van der Waals surface area (Å²) in [5, 5.41) is 13.7. The summed E-state index contributed by atoms with van der Waals surface area (Å²) in [4.78, 5) is 34.9. The first-order valence-electron chi connectivity index (χ1n) is 7.30. The average Bonchev–Trinajstić information content (AvgIpc) is 2.60. The van der Waals surface area contributed by atoms with Crippen molar-refractivity contribution in [2.24, 2.45) is 0 Å². The minimum atomic E-state index is -1.02. The van der Waals surface area contributed by atoms with Crippen LogP contribution < -0.4 is 5.32 Å². The second-order valence-corrected chi connectivity index (χ2v) is 6.07. The van der Waals surface area contributed by atoms with E-state index in [2.05, 4.69) is 21.2 Å². The van der Waals surface area contributed by atoms with E-state index in [1.54, 1.807) is 31.3 Å². The number of anilines is 1. The maximum atomic E-state index is 12.3. The van der Waals surface area contributed by atoms with Gasteiger partial charge in [0, 0.05) is 23.2 Å². The standard InChI is InChI=1S/C17H15BrN2O5/c1-10(16(21)11-3-6-13(18)7-4-11)25-17(22)12-5-8-14(19-2)15(9-12)20(23)24/h3-10,19H,1-2H3/t10-/m1/s1. The number of esters is 1. The predicted octanol–water partition coefficient (Wildman–Crippen LogP) is 3.83. The van der Waals surface area contributed by atoms with Gasteiger partial charge in [-0.1, -0.05) is 28.1 Å². The number of nitro groups is 1. The van der Waals surface area contributed by atoms with Gasteiger partial charge in [0.15, 0.2) is 6.10 Å². The molecule has 0 saturated carbocycles. The fourth-order valence-electron chi connectivity index (χ4n) is 2.15. The predicted molar refractivity (Wildman–Crippen MR) is 96.0 cm³/mol. The number of Topliss-reactive ketones (excluding diaryl/α,β-unsaturated/α-hetero) is 1. The van der Waals surface area contributed by atoms with Crippen molar-refractivity contribution in [2.75, 3.05) is 12.4 Å². The number of benzene rings is 2. The van der Waals surface area contributed by atoms with Gasteiger partial charge in [0.2, 0.25) is 5.78 Å². The van der Waals surface area contributed by atoms with Crippen molar-refractivity contribution < 1.29 is 19.2 Å². The SMILES string of the molecule is CNc1ccc(C(=O)O[C@H](C)C(=O)c2ccc(Br)cc2)cc1[N+](=O)[O-]. The molecule has 0 saturated heterocycles. The summed E-state index contributed by atoms with van der Waals surface area (Å²) in [6, 6.07) is 10.6. The third kappa shape index (κ3) is 4.42. The number of hydrogen-bond acceptors (Lipinski definition) is 6. The lowest BCUT2D eigenvalue weighted by Gasteiger charge is -2.13. The zero-order valence-corrected chi connectivity index (χ0v) is 15.1. The van der Waals surface area contributed by atoms with Crippen molar-refractivity contribution in [1.29, 1.82) is 0 Å². The number of nitro benzene ring substituents is 1. The Morgan fingerprint density at radius 3 is 2.32 bits per heavy atom. The topological polar surface area (TPSA) is 98.5 Å². The van der Waals surface area contributed by atoms with E-state index in [1.807, 2.05) is 0 Å². The molecular formula is C17H15BrN2O5. The first-order valence-corrected chi connectivity index (χ1v) is 8.09. The quantitative estimate of drug-likeness (QED) is 0.338. The number of halogens is 1. The van der Waals surface area contributed by atoms with Gasteiger partial charge in [0.1, 0.15) is 5.69 Å². The van der Waals surface area contributed by atoms with Gasteiger partial charge in [-0.05, 0) is 31.2 Å². The monoisotopic (exact) mass is 406 g/mol. The van der Waals surface area contributed by atoms with Gasteiger partial charge < -0.3 is 10.1 Å². The summed E-state index contributed by atoms with van der Waals surface area (Å²) in [6.07, 6.45) is -1.02. The van der Waals surface area contributed by atoms with Crippen LogP contribution in [0.3, 0.4) is 0 Å². The van der Waals surface area contributed by atoms with Crippen molar-refractivity contribution >= 4 is 39.1 Å². The Hall–Kier alpha value is -2.74. The third-order valence-electron chi connectivity index (χ3n) is 3.48. The molecule has 25 heavy (non-hydrogen) atoms. The van der Waals surface area contributed by atoms with Crippen LogP contribution >= 0.6 is 15.9 Å². The van der Waals surface area contributed by atoms with Crippen molar-refractivity contribution in [3.63, 3.8) is 0 Å². The van der Waals surface area contributed by atoms with Crippen LogP contribution in [-0.4, -0.2) is 29.8 Å². The molecule has 2 aromatic carbocycles. The first kappa shape index (κ1) is 18.6. The smallest absolute Gasteiger partial charge is 0.339 e. The molecule has 0 heterocycles. The van der Waals surface area contributed by atoms with Crippen molar-refractivity contribution in [3.05, 3.63) is 68.2 Å². The fourth-order valence-corrected chi connectivity index (χ4v) is 2.42. The summed E-state index contributed by atoms with van der Waals surface area (Å²) >= 11 is 3.28. The molecule has 0 spiro atoms. The molecule has 0 aliphatic heterocycles. The van der Waals surface area contributed by atoms with E-state index < -0.39 is 17.0 Å². The Kier molecular flexibility index (Phi) is 5.87. The van der Waals surface area contributed by atoms with E-state index in [9.17, 15) is 19.7 Å². The number of nitrogens with zero attached hydrogens (tertiary/aromatic N) is 1. The molecule has 0 aliphatic carbocycles. The zero-order valence-electron chi connectivity index (χ0n) is 13.5. The van der Waals surface area contributed by atoms with E-state index in [0.717, 1.165) is 10.5 Å². The van der Waals surface area contributed by atoms with Crippen LogP contribution in [0.5, 0.6) is 0 Å². The van der Waals surface area contributed by atoms with Crippen LogP contribution in [0.25, 0.3) is 0 Å². The minimum absolute atomic E-state index is 0.00107. The number of hydrogen-bond donors (Lipinski definition) is 1. The molecule has 0 fully saturated rings. The molecule has 0 unspecified atom stereocenters. The van der Waals surface area contributed by atoms with Crippen molar-refractivity contribution in [2.45, 2.75) is 13.0 Å². The summed E-state index contributed by atoms with van der Waals surface area (Å²) in [6.45, 7) is 1.46. The van der Waals surface area contributed by atoms with E-state index >= 15 is 0 Å². The van der Waals surface area contributed by atoms with Crippen LogP contribution in [0.1, 0.15) is 27.6 Å². The van der Waals surface area contributed by atoms with Crippen molar-refractivity contribution in [1.82, 2.24) is 0 Å². The molecule has 1 atom stereocenters. The molecule has 0 bridgehead atoms. The van der Waals surface area contributed by atoms with Gasteiger partial charge in [-0.2, -0.15) is 0 Å². The second-order valence-electron chi connectivity index (χ2n) is 5.16. The maximum absolute atomic E-state index is 12.3. The summed E-state index contributed by atoms with van der Waals surface area (Å²) in [5.74, 6) is -1.16. The lowest BCUT2D eigenvalue weighted by molar-refractivity contribution is -0.384. The molecule has 0 aromatic heterocycles. The molecule has 2 rings (SSSR count). The van der Waals surface area contributed by atoms with Crippen LogP contribution in [-0.2, 0) is 4.74 Å². The van der Waals surface area contributed by atoms with Gasteiger partial charge in [-0.25, -0.2) is 4.79 Å². The highest BCUT2D eigenvalue weighted by atomic mass is 79.9. The van der Waals surface area contributed by atoms with Gasteiger partial charge >= 0.3 is 5.97 Å². The Bertz CT molecular complexity index is 820. The Labute approximate surface area is 152 Å². The summed E-state index contributed by atoms with van der Waals surface area (Å²) in [5.41, 5.74) is 0.436. The molecule has 8 heteroatoms. The van der Waals surface area contributed by atoms with Gasteiger partial charge in [-0.3, -0.25) is 14.9 Å². The first-order chi connectivity index (χ1) is 11.8. The Morgan fingerprint density at radius 1 is 1.16 bits per heavy atom. The number of carbonyl (C=O) groups is 2. The van der Waals surface area contributed by atoms with E-state index in [1.165, 1.54) is 19.1 Å². The van der Waals surface area contributed by atoms with Crippen LogP contribution in [0.15, 0.2) is 46.9 Å². The zero-order chi connectivity index (χ0) is 18.6. The second kappa shape index (κ2) is 7.89. The molecule has 0 radical (unpaired) electrons. The highest BCUT2D eigenvalue weighted by Crippen LogP contribution is 2.25. The van der Waals surface area contributed by atoms with E-state index in [0.29, 0.717) is 5.56 Å². The van der Waals surface area contributed by atoms with Crippen LogP contribution in [0, 0.1) is 10.1 Å². The molecular weight excluding hydrogens is 392 g/mol. The largest absolute Gasteiger partial charge is 0.451 e. The number of rotatable bonds is 6. The number of ketones is 1. The third-order valence-corrected chi connectivity index (χ3v) is 4.01. The molecule has 7 nitrogen and oxygen atoms in total. The highest BCUT2D eigenvalue weighted by Gasteiger charge is 2.23.